The van der Waals surface area contributed by atoms with Crippen LogP contribution >= 0.6 is 0 Å². The van der Waals surface area contributed by atoms with E-state index in [-0.39, 0.29) is 12.5 Å². The number of sulfonamides is 1. The Labute approximate surface area is 170 Å². The molecule has 0 radical (unpaired) electrons. The summed E-state index contributed by atoms with van der Waals surface area (Å²) in [7, 11) is -1.96. The summed E-state index contributed by atoms with van der Waals surface area (Å²) in [6, 6.07) is 5.43. The van der Waals surface area contributed by atoms with Crippen LogP contribution in [0.3, 0.4) is 0 Å². The zero-order valence-electron chi connectivity index (χ0n) is 18.0. The zero-order chi connectivity index (χ0) is 21.2. The maximum atomic E-state index is 12.3. The van der Waals surface area contributed by atoms with Crippen molar-refractivity contribution in [1.29, 1.82) is 0 Å². The highest BCUT2D eigenvalue weighted by Gasteiger charge is 2.21. The fourth-order valence-electron chi connectivity index (χ4n) is 3.13. The van der Waals surface area contributed by atoms with Gasteiger partial charge in [0, 0.05) is 19.5 Å². The van der Waals surface area contributed by atoms with Crippen LogP contribution in [0.4, 0.5) is 5.69 Å². The van der Waals surface area contributed by atoms with Crippen molar-refractivity contribution in [3.8, 4) is 5.75 Å². The molecule has 0 unspecified atom stereocenters. The van der Waals surface area contributed by atoms with Crippen LogP contribution in [-0.4, -0.2) is 40.8 Å². The van der Waals surface area contributed by atoms with E-state index in [1.807, 2.05) is 13.0 Å². The topological polar surface area (TPSA) is 75.7 Å². The Kier molecular flexibility index (Phi) is 10.4. The number of hydrogen-bond acceptors (Lipinski definition) is 4. The van der Waals surface area contributed by atoms with Crippen LogP contribution in [-0.2, 0) is 14.8 Å². The molecule has 6 nitrogen and oxygen atoms in total. The third-order valence-corrected chi connectivity index (χ3v) is 6.08. The van der Waals surface area contributed by atoms with Gasteiger partial charge in [0.25, 0.3) is 0 Å². The molecule has 0 heterocycles. The van der Waals surface area contributed by atoms with Crippen molar-refractivity contribution in [3.63, 3.8) is 0 Å². The minimum atomic E-state index is -3.48. The largest absolute Gasteiger partial charge is 0.495 e. The first-order chi connectivity index (χ1) is 13.2. The number of amides is 1. The van der Waals surface area contributed by atoms with E-state index < -0.39 is 10.0 Å². The van der Waals surface area contributed by atoms with E-state index in [1.54, 1.807) is 12.1 Å². The molecule has 0 aliphatic carbocycles. The van der Waals surface area contributed by atoms with Crippen LogP contribution in [0.25, 0.3) is 0 Å². The van der Waals surface area contributed by atoms with Gasteiger partial charge in [0.1, 0.15) is 5.75 Å². The van der Waals surface area contributed by atoms with Crippen LogP contribution in [0.5, 0.6) is 5.75 Å². The van der Waals surface area contributed by atoms with Gasteiger partial charge in [-0.15, -0.1) is 0 Å². The highest BCUT2D eigenvalue weighted by molar-refractivity contribution is 7.92. The predicted octanol–water partition coefficient (Wildman–Crippen LogP) is 3.88. The maximum absolute atomic E-state index is 12.3. The molecule has 0 saturated carbocycles. The number of nitrogens with zero attached hydrogens (tertiary/aromatic N) is 1. The monoisotopic (exact) mass is 412 g/mol. The summed E-state index contributed by atoms with van der Waals surface area (Å²) in [5.74, 6) is 0.981. The highest BCUT2D eigenvalue weighted by Crippen LogP contribution is 2.31. The molecule has 28 heavy (non-hydrogen) atoms. The van der Waals surface area contributed by atoms with Crippen molar-refractivity contribution in [2.24, 2.45) is 5.92 Å². The van der Waals surface area contributed by atoms with E-state index in [0.717, 1.165) is 24.8 Å². The van der Waals surface area contributed by atoms with Crippen LogP contribution in [0.2, 0.25) is 0 Å². The summed E-state index contributed by atoms with van der Waals surface area (Å²) in [6.07, 6.45) is 6.43. The Morgan fingerprint density at radius 2 is 1.96 bits per heavy atom. The average molecular weight is 413 g/mol. The molecular weight excluding hydrogens is 376 g/mol. The molecule has 1 atom stereocenters. The van der Waals surface area contributed by atoms with Gasteiger partial charge in [-0.2, -0.15) is 0 Å². The fourth-order valence-corrected chi connectivity index (χ4v) is 4.09. The lowest BCUT2D eigenvalue weighted by molar-refractivity contribution is -0.121. The van der Waals surface area contributed by atoms with E-state index in [2.05, 4.69) is 19.2 Å². The van der Waals surface area contributed by atoms with Crippen LogP contribution in [0.15, 0.2) is 18.2 Å². The summed E-state index contributed by atoms with van der Waals surface area (Å²) in [6.45, 7) is 7.14. The molecular formula is C21H36N2O4S. The Morgan fingerprint density at radius 1 is 1.25 bits per heavy atom. The second-order valence-corrected chi connectivity index (χ2v) is 9.24. The number of anilines is 1. The first kappa shape index (κ1) is 24.3. The Hall–Kier alpha value is -1.76. The zero-order valence-corrected chi connectivity index (χ0v) is 18.8. The van der Waals surface area contributed by atoms with Gasteiger partial charge in [-0.3, -0.25) is 9.10 Å². The number of carbonyl (C=O) groups excluding carboxylic acids is 1. The predicted molar refractivity (Wildman–Crippen MR) is 115 cm³/mol. The molecule has 0 fully saturated rings. The minimum Gasteiger partial charge on any atom is -0.495 e. The molecule has 1 aromatic carbocycles. The third kappa shape index (κ3) is 8.09. The van der Waals surface area contributed by atoms with E-state index in [4.69, 9.17) is 4.74 Å². The number of nitrogens with one attached hydrogen (secondary N) is 1. The van der Waals surface area contributed by atoms with Crippen LogP contribution < -0.4 is 14.4 Å². The summed E-state index contributed by atoms with van der Waals surface area (Å²) in [4.78, 5) is 12.2. The Bertz CT molecular complexity index is 719. The van der Waals surface area contributed by atoms with Gasteiger partial charge in [0.15, 0.2) is 0 Å². The van der Waals surface area contributed by atoms with Gasteiger partial charge in [-0.25, -0.2) is 8.42 Å². The van der Waals surface area contributed by atoms with Gasteiger partial charge in [0.2, 0.25) is 15.9 Å². The second-order valence-electron chi connectivity index (χ2n) is 7.33. The molecule has 7 heteroatoms. The van der Waals surface area contributed by atoms with Gasteiger partial charge >= 0.3 is 0 Å². The standard InChI is InChI=1S/C21H36N2O4S/c1-6-8-10-18(7-2)16-22-21(24)11-9-14-23(28(5,25)26)19-15-17(3)12-13-20(19)27-4/h12-13,15,18H,6-11,14,16H2,1-5H3,(H,22,24)/t18-/m1/s1. The molecule has 1 rings (SSSR count). The number of benzene rings is 1. The Balaban J connectivity index is 2.66. The minimum absolute atomic E-state index is 0.0281. The molecule has 0 aromatic heterocycles. The molecule has 0 bridgehead atoms. The smallest absolute Gasteiger partial charge is 0.232 e. The molecule has 0 spiro atoms. The third-order valence-electron chi connectivity index (χ3n) is 4.90. The van der Waals surface area contributed by atoms with E-state index >= 15 is 0 Å². The lowest BCUT2D eigenvalue weighted by Gasteiger charge is -2.24. The van der Waals surface area contributed by atoms with Crippen molar-refractivity contribution in [2.75, 3.05) is 30.8 Å². The number of unbranched alkanes of at least 4 members (excludes halogenated alkanes) is 1. The van der Waals surface area contributed by atoms with Gasteiger partial charge in [0.05, 0.1) is 19.1 Å². The molecule has 160 valence electrons. The lowest BCUT2D eigenvalue weighted by Crippen LogP contribution is -2.33. The van der Waals surface area contributed by atoms with E-state index in [9.17, 15) is 13.2 Å². The average Bonchev–Trinajstić information content (AvgIpc) is 2.64. The fraction of sp³-hybridized carbons (Fsp3) is 0.667. The quantitative estimate of drug-likeness (QED) is 0.533. The number of carbonyl (C=O) groups is 1. The highest BCUT2D eigenvalue weighted by atomic mass is 32.2. The number of rotatable bonds is 13. The summed E-state index contributed by atoms with van der Waals surface area (Å²) < 4.78 is 31.3. The van der Waals surface area contributed by atoms with Gasteiger partial charge < -0.3 is 10.1 Å². The number of aryl methyl sites for hydroxylation is 1. The van der Waals surface area contributed by atoms with Gasteiger partial charge in [-0.1, -0.05) is 39.2 Å². The van der Waals surface area contributed by atoms with Crippen LogP contribution in [0, 0.1) is 12.8 Å². The summed E-state index contributed by atoms with van der Waals surface area (Å²) in [5, 5.41) is 2.99. The first-order valence-electron chi connectivity index (χ1n) is 10.1. The number of methoxy groups -OCH3 is 1. The van der Waals surface area contributed by atoms with E-state index in [0.29, 0.717) is 36.7 Å². The van der Waals surface area contributed by atoms with Crippen molar-refractivity contribution >= 4 is 21.6 Å². The van der Waals surface area contributed by atoms with Crippen LogP contribution in [0.1, 0.15) is 57.9 Å². The van der Waals surface area contributed by atoms with Crippen molar-refractivity contribution in [2.45, 2.75) is 59.3 Å². The number of hydrogen-bond donors (Lipinski definition) is 1. The molecule has 1 N–H and O–H groups in total. The maximum Gasteiger partial charge on any atom is 0.232 e. The van der Waals surface area contributed by atoms with E-state index in [1.165, 1.54) is 24.1 Å². The SMILES string of the molecule is CCCC[C@@H](CC)CNC(=O)CCCN(c1cc(C)ccc1OC)S(C)(=O)=O. The molecule has 1 aromatic rings. The van der Waals surface area contributed by atoms with Crippen molar-refractivity contribution < 1.29 is 17.9 Å². The molecule has 0 aliphatic heterocycles. The summed E-state index contributed by atoms with van der Waals surface area (Å²) >= 11 is 0. The lowest BCUT2D eigenvalue weighted by atomic mass is 9.99. The molecule has 0 aliphatic rings. The molecule has 1 amide bonds. The Morgan fingerprint density at radius 3 is 2.54 bits per heavy atom. The van der Waals surface area contributed by atoms with Crippen molar-refractivity contribution in [3.05, 3.63) is 23.8 Å². The van der Waals surface area contributed by atoms with Crippen molar-refractivity contribution in [1.82, 2.24) is 5.32 Å². The number of ether oxygens (including phenoxy) is 1. The second kappa shape index (κ2) is 11.9. The molecule has 0 saturated heterocycles. The van der Waals surface area contributed by atoms with Gasteiger partial charge in [-0.05, 0) is 43.4 Å². The first-order valence-corrected chi connectivity index (χ1v) is 12.0. The normalized spacial score (nSPS) is 12.5. The summed E-state index contributed by atoms with van der Waals surface area (Å²) in [5.41, 5.74) is 1.45.